The highest BCUT2D eigenvalue weighted by Gasteiger charge is 2.15. The molecule has 1 aromatic carbocycles. The zero-order chi connectivity index (χ0) is 18.6. The molecule has 9 nitrogen and oxygen atoms in total. The van der Waals surface area contributed by atoms with E-state index in [1.807, 2.05) is 0 Å². The SMILES string of the molecule is Cn1ccc(NC(=S)Nc2ccc(S(=O)(=O)Nc3ncccn3)cc2)n1. The van der Waals surface area contributed by atoms with E-state index < -0.39 is 10.0 Å². The highest BCUT2D eigenvalue weighted by atomic mass is 32.2. The van der Waals surface area contributed by atoms with Gasteiger partial charge in [0.25, 0.3) is 10.0 Å². The van der Waals surface area contributed by atoms with Gasteiger partial charge in [-0.2, -0.15) is 5.10 Å². The summed E-state index contributed by atoms with van der Waals surface area (Å²) >= 11 is 5.20. The van der Waals surface area contributed by atoms with Crippen molar-refractivity contribution in [3.8, 4) is 0 Å². The first-order valence-electron chi connectivity index (χ1n) is 7.40. The Morgan fingerprint density at radius 1 is 1.08 bits per heavy atom. The normalized spacial score (nSPS) is 11.0. The summed E-state index contributed by atoms with van der Waals surface area (Å²) < 4.78 is 28.6. The molecule has 3 N–H and O–H groups in total. The minimum atomic E-state index is -3.77. The van der Waals surface area contributed by atoms with E-state index in [0.29, 0.717) is 16.6 Å². The summed E-state index contributed by atoms with van der Waals surface area (Å²) in [5, 5.41) is 10.4. The number of aryl methyl sites for hydroxylation is 1. The molecule has 0 aliphatic heterocycles. The molecule has 11 heteroatoms. The van der Waals surface area contributed by atoms with E-state index in [0.717, 1.165) is 0 Å². The summed E-state index contributed by atoms with van der Waals surface area (Å²) in [5.41, 5.74) is 0.633. The molecule has 0 fully saturated rings. The number of benzene rings is 1. The molecular weight excluding hydrogens is 374 g/mol. The average Bonchev–Trinajstić information content (AvgIpc) is 3.00. The molecule has 3 rings (SSSR count). The summed E-state index contributed by atoms with van der Waals surface area (Å²) in [7, 11) is -1.97. The Morgan fingerprint density at radius 3 is 2.38 bits per heavy atom. The quantitative estimate of drug-likeness (QED) is 0.566. The van der Waals surface area contributed by atoms with Gasteiger partial charge in [0.1, 0.15) is 0 Å². The zero-order valence-corrected chi connectivity index (χ0v) is 15.3. The number of hydrogen-bond acceptors (Lipinski definition) is 6. The lowest BCUT2D eigenvalue weighted by Crippen LogP contribution is -2.19. The van der Waals surface area contributed by atoms with Gasteiger partial charge in [0, 0.05) is 37.4 Å². The second kappa shape index (κ2) is 7.45. The standard InChI is InChI=1S/C15H15N7O2S2/c1-22-10-7-13(20-22)19-15(25)18-11-3-5-12(6-4-11)26(23,24)21-14-16-8-2-9-17-14/h2-10H,1H3,(H,16,17,21)(H2,18,19,20,25). The van der Waals surface area contributed by atoms with Crippen LogP contribution in [0.3, 0.4) is 0 Å². The lowest BCUT2D eigenvalue weighted by molar-refractivity contribution is 0.601. The zero-order valence-electron chi connectivity index (χ0n) is 13.6. The Hall–Kier alpha value is -3.05. The molecule has 0 saturated carbocycles. The van der Waals surface area contributed by atoms with Crippen molar-refractivity contribution in [2.75, 3.05) is 15.4 Å². The van der Waals surface area contributed by atoms with Gasteiger partial charge in [0.2, 0.25) is 5.95 Å². The minimum absolute atomic E-state index is 0.00967. The van der Waals surface area contributed by atoms with Gasteiger partial charge in [-0.15, -0.1) is 0 Å². The van der Waals surface area contributed by atoms with E-state index in [1.165, 1.54) is 24.5 Å². The van der Waals surface area contributed by atoms with E-state index in [-0.39, 0.29) is 10.8 Å². The largest absolute Gasteiger partial charge is 0.332 e. The van der Waals surface area contributed by atoms with Crippen LogP contribution in [0.25, 0.3) is 0 Å². The molecule has 0 amide bonds. The van der Waals surface area contributed by atoms with Crippen LogP contribution in [0.1, 0.15) is 0 Å². The highest BCUT2D eigenvalue weighted by molar-refractivity contribution is 7.92. The lowest BCUT2D eigenvalue weighted by atomic mass is 10.3. The maximum atomic E-state index is 12.3. The lowest BCUT2D eigenvalue weighted by Gasteiger charge is -2.10. The molecule has 0 atom stereocenters. The number of thiocarbonyl (C=S) groups is 1. The first-order chi connectivity index (χ1) is 12.4. The van der Waals surface area contributed by atoms with Crippen molar-refractivity contribution >= 4 is 44.8 Å². The monoisotopic (exact) mass is 389 g/mol. The van der Waals surface area contributed by atoms with Crippen molar-refractivity contribution in [3.05, 3.63) is 55.0 Å². The first-order valence-corrected chi connectivity index (χ1v) is 9.29. The first kappa shape index (κ1) is 17.8. The number of hydrogen-bond donors (Lipinski definition) is 3. The van der Waals surface area contributed by atoms with Crippen LogP contribution in [-0.2, 0) is 17.1 Å². The van der Waals surface area contributed by atoms with Gasteiger partial charge in [-0.3, -0.25) is 4.68 Å². The number of nitrogens with zero attached hydrogens (tertiary/aromatic N) is 4. The smallest absolute Gasteiger partial charge is 0.264 e. The molecule has 0 radical (unpaired) electrons. The fourth-order valence-electron chi connectivity index (χ4n) is 2.01. The molecule has 0 saturated heterocycles. The minimum Gasteiger partial charge on any atom is -0.332 e. The summed E-state index contributed by atoms with van der Waals surface area (Å²) in [6.45, 7) is 0. The van der Waals surface area contributed by atoms with Crippen LogP contribution in [-0.4, -0.2) is 33.3 Å². The maximum absolute atomic E-state index is 12.3. The summed E-state index contributed by atoms with van der Waals surface area (Å²) in [4.78, 5) is 7.76. The van der Waals surface area contributed by atoms with Crippen molar-refractivity contribution in [1.82, 2.24) is 19.7 Å². The van der Waals surface area contributed by atoms with Gasteiger partial charge in [-0.05, 0) is 42.5 Å². The molecule has 2 heterocycles. The van der Waals surface area contributed by atoms with Crippen LogP contribution >= 0.6 is 12.2 Å². The van der Waals surface area contributed by atoms with Crippen LogP contribution in [0, 0.1) is 0 Å². The topological polar surface area (TPSA) is 114 Å². The molecular formula is C15H15N7O2S2. The number of sulfonamides is 1. The van der Waals surface area contributed by atoms with Gasteiger partial charge in [-0.1, -0.05) is 0 Å². The van der Waals surface area contributed by atoms with Crippen molar-refractivity contribution in [2.24, 2.45) is 7.05 Å². The summed E-state index contributed by atoms with van der Waals surface area (Å²) in [5.74, 6) is 0.617. The Labute approximate surface area is 155 Å². The molecule has 0 bridgehead atoms. The number of aromatic nitrogens is 4. The second-order valence-electron chi connectivity index (χ2n) is 5.16. The van der Waals surface area contributed by atoms with Crippen LogP contribution < -0.4 is 15.4 Å². The summed E-state index contributed by atoms with van der Waals surface area (Å²) in [6, 6.07) is 9.49. The maximum Gasteiger partial charge on any atom is 0.264 e. The Morgan fingerprint density at radius 2 is 1.77 bits per heavy atom. The van der Waals surface area contributed by atoms with Gasteiger partial charge in [-0.25, -0.2) is 23.1 Å². The highest BCUT2D eigenvalue weighted by Crippen LogP contribution is 2.16. The van der Waals surface area contributed by atoms with Crippen molar-refractivity contribution in [1.29, 1.82) is 0 Å². The van der Waals surface area contributed by atoms with Crippen molar-refractivity contribution < 1.29 is 8.42 Å². The number of anilines is 3. The van der Waals surface area contributed by atoms with Crippen LogP contribution in [0.4, 0.5) is 17.5 Å². The molecule has 0 spiro atoms. The van der Waals surface area contributed by atoms with Gasteiger partial charge < -0.3 is 10.6 Å². The number of rotatable bonds is 5. The van der Waals surface area contributed by atoms with Gasteiger partial charge in [0.15, 0.2) is 10.9 Å². The molecule has 2 aromatic heterocycles. The van der Waals surface area contributed by atoms with E-state index >= 15 is 0 Å². The molecule has 3 aromatic rings. The van der Waals surface area contributed by atoms with Crippen molar-refractivity contribution in [3.63, 3.8) is 0 Å². The fraction of sp³-hybridized carbons (Fsp3) is 0.0667. The molecule has 134 valence electrons. The molecule has 0 aliphatic carbocycles. The number of nitrogens with one attached hydrogen (secondary N) is 3. The Bertz CT molecular complexity index is 1000. The second-order valence-corrected chi connectivity index (χ2v) is 7.25. The van der Waals surface area contributed by atoms with E-state index in [4.69, 9.17) is 12.2 Å². The van der Waals surface area contributed by atoms with Crippen LogP contribution in [0.2, 0.25) is 0 Å². The average molecular weight is 389 g/mol. The van der Waals surface area contributed by atoms with E-state index in [1.54, 1.807) is 42.2 Å². The third-order valence-electron chi connectivity index (χ3n) is 3.17. The third-order valence-corrected chi connectivity index (χ3v) is 4.72. The van der Waals surface area contributed by atoms with Crippen LogP contribution in [0.5, 0.6) is 0 Å². The summed E-state index contributed by atoms with van der Waals surface area (Å²) in [6.07, 6.45) is 4.69. The molecule has 26 heavy (non-hydrogen) atoms. The van der Waals surface area contributed by atoms with Gasteiger partial charge in [0.05, 0.1) is 4.90 Å². The Balaban J connectivity index is 1.65. The van der Waals surface area contributed by atoms with E-state index in [9.17, 15) is 8.42 Å². The van der Waals surface area contributed by atoms with Crippen LogP contribution in [0.15, 0.2) is 59.9 Å². The molecule has 0 aliphatic rings. The fourth-order valence-corrected chi connectivity index (χ4v) is 3.19. The Kier molecular flexibility index (Phi) is 5.09. The predicted molar refractivity (Wildman–Crippen MR) is 102 cm³/mol. The third kappa shape index (κ3) is 4.52. The predicted octanol–water partition coefficient (Wildman–Crippen LogP) is 1.82. The molecule has 0 unspecified atom stereocenters. The van der Waals surface area contributed by atoms with Crippen molar-refractivity contribution in [2.45, 2.75) is 4.90 Å². The van der Waals surface area contributed by atoms with E-state index in [2.05, 4.69) is 30.4 Å². The van der Waals surface area contributed by atoms with Gasteiger partial charge >= 0.3 is 0 Å².